The number of piperazine rings is 1. The first-order valence-electron chi connectivity index (χ1n) is 10.0. The Morgan fingerprint density at radius 3 is 2.26 bits per heavy atom. The lowest BCUT2D eigenvalue weighted by Crippen LogP contribution is -2.47. The van der Waals surface area contributed by atoms with E-state index in [2.05, 4.69) is 15.3 Å². The predicted octanol–water partition coefficient (Wildman–Crippen LogP) is 5.27. The first-order chi connectivity index (χ1) is 16.1. The van der Waals surface area contributed by atoms with Gasteiger partial charge >= 0.3 is 11.9 Å². The molecule has 13 heteroatoms. The van der Waals surface area contributed by atoms with Gasteiger partial charge in [-0.25, -0.2) is 14.4 Å². The third-order valence-electron chi connectivity index (χ3n) is 5.30. The Bertz CT molecular complexity index is 1200. The van der Waals surface area contributed by atoms with Crippen LogP contribution in [0.3, 0.4) is 0 Å². The third-order valence-corrected chi connectivity index (χ3v) is 5.63. The smallest absolute Gasteiger partial charge is 0.368 e. The third kappa shape index (κ3) is 4.96. The molecule has 0 bridgehead atoms. The molecule has 2 heterocycles. The quantitative estimate of drug-likeness (QED) is 0.292. The predicted molar refractivity (Wildman–Crippen MR) is 119 cm³/mol. The van der Waals surface area contributed by atoms with Gasteiger partial charge in [-0.1, -0.05) is 11.6 Å². The molecule has 1 saturated heterocycles. The van der Waals surface area contributed by atoms with E-state index in [4.69, 9.17) is 11.6 Å². The Morgan fingerprint density at radius 1 is 1.00 bits per heavy atom. The van der Waals surface area contributed by atoms with Crippen molar-refractivity contribution in [2.45, 2.75) is 6.18 Å². The van der Waals surface area contributed by atoms with Crippen LogP contribution < -0.4 is 15.1 Å². The minimum absolute atomic E-state index is 0.0318. The van der Waals surface area contributed by atoms with E-state index in [-0.39, 0.29) is 28.2 Å². The molecule has 1 aliphatic heterocycles. The topological polar surface area (TPSA) is 87.4 Å². The Balaban J connectivity index is 1.59. The maximum Gasteiger partial charge on any atom is 0.416 e. The van der Waals surface area contributed by atoms with Gasteiger partial charge in [0.25, 0.3) is 0 Å². The lowest BCUT2D eigenvalue weighted by Gasteiger charge is -2.36. The minimum Gasteiger partial charge on any atom is -0.368 e. The summed E-state index contributed by atoms with van der Waals surface area (Å²) in [6.45, 7) is 1.74. The summed E-state index contributed by atoms with van der Waals surface area (Å²) in [5.74, 6) is -0.596. The Kier molecular flexibility index (Phi) is 6.42. The van der Waals surface area contributed by atoms with Gasteiger partial charge in [0.05, 0.1) is 21.2 Å². The number of alkyl halides is 3. The molecule has 3 aromatic rings. The molecule has 2 aromatic carbocycles. The molecule has 1 N–H and O–H groups in total. The number of nitrogens with one attached hydrogen (secondary N) is 1. The molecule has 0 saturated carbocycles. The van der Waals surface area contributed by atoms with E-state index in [0.717, 1.165) is 30.2 Å². The summed E-state index contributed by atoms with van der Waals surface area (Å²) < 4.78 is 52.5. The average molecular weight is 497 g/mol. The molecule has 1 fully saturated rings. The van der Waals surface area contributed by atoms with Gasteiger partial charge in [0.1, 0.15) is 12.1 Å². The van der Waals surface area contributed by atoms with E-state index in [9.17, 15) is 27.7 Å². The Hall–Kier alpha value is -3.67. The van der Waals surface area contributed by atoms with Crippen molar-refractivity contribution in [1.82, 2.24) is 9.97 Å². The number of aromatic nitrogens is 2. The molecular weight excluding hydrogens is 480 g/mol. The second kappa shape index (κ2) is 9.29. The van der Waals surface area contributed by atoms with E-state index < -0.39 is 22.4 Å². The van der Waals surface area contributed by atoms with E-state index in [1.807, 2.05) is 4.90 Å². The highest BCUT2D eigenvalue weighted by molar-refractivity contribution is 6.33. The van der Waals surface area contributed by atoms with Crippen LogP contribution in [0.15, 0.2) is 48.8 Å². The standard InChI is InChI=1S/C21H17ClF4N6O2/c22-16-6-1-13(21(24,25)26)11-17(16)29-19-18(32(33)34)20(28-12-27-19)31-9-7-30(8-10-31)15-4-2-14(23)3-5-15/h1-6,11-12H,7-10H2,(H,27,28,29). The van der Waals surface area contributed by atoms with Crippen molar-refractivity contribution in [3.63, 3.8) is 0 Å². The number of anilines is 4. The van der Waals surface area contributed by atoms with Crippen molar-refractivity contribution in [1.29, 1.82) is 0 Å². The number of hydrogen-bond acceptors (Lipinski definition) is 7. The minimum atomic E-state index is -4.62. The van der Waals surface area contributed by atoms with Crippen LogP contribution in [-0.4, -0.2) is 41.1 Å². The van der Waals surface area contributed by atoms with E-state index in [1.54, 1.807) is 17.0 Å². The summed E-state index contributed by atoms with van der Waals surface area (Å²) in [5, 5.41) is 14.4. The average Bonchev–Trinajstić information content (AvgIpc) is 2.80. The van der Waals surface area contributed by atoms with Crippen LogP contribution in [0.4, 0.5) is 46.3 Å². The molecular formula is C21H17ClF4N6O2. The molecule has 8 nitrogen and oxygen atoms in total. The second-order valence-corrected chi connectivity index (χ2v) is 7.83. The van der Waals surface area contributed by atoms with Gasteiger partial charge in [0.2, 0.25) is 11.6 Å². The number of nitrogens with zero attached hydrogens (tertiary/aromatic N) is 5. The van der Waals surface area contributed by atoms with Gasteiger partial charge in [0.15, 0.2) is 0 Å². The molecule has 0 radical (unpaired) electrons. The van der Waals surface area contributed by atoms with Gasteiger partial charge in [-0.2, -0.15) is 13.2 Å². The first-order valence-corrected chi connectivity index (χ1v) is 10.4. The lowest BCUT2D eigenvalue weighted by atomic mass is 10.2. The van der Waals surface area contributed by atoms with E-state index in [0.29, 0.717) is 26.2 Å². The second-order valence-electron chi connectivity index (χ2n) is 7.42. The lowest BCUT2D eigenvalue weighted by molar-refractivity contribution is -0.383. The summed E-state index contributed by atoms with van der Waals surface area (Å²) in [5.41, 5.74) is -0.801. The fourth-order valence-electron chi connectivity index (χ4n) is 3.61. The molecule has 0 unspecified atom stereocenters. The van der Waals surface area contributed by atoms with Crippen LogP contribution >= 0.6 is 11.6 Å². The van der Waals surface area contributed by atoms with E-state index >= 15 is 0 Å². The number of nitro groups is 1. The normalized spacial score (nSPS) is 14.3. The molecule has 34 heavy (non-hydrogen) atoms. The van der Waals surface area contributed by atoms with Gasteiger partial charge in [0, 0.05) is 31.9 Å². The van der Waals surface area contributed by atoms with Crippen LogP contribution in [0.5, 0.6) is 0 Å². The number of hydrogen-bond donors (Lipinski definition) is 1. The summed E-state index contributed by atoms with van der Waals surface area (Å²) in [6, 6.07) is 8.64. The van der Waals surface area contributed by atoms with Gasteiger partial charge < -0.3 is 15.1 Å². The zero-order valence-electron chi connectivity index (χ0n) is 17.4. The van der Waals surface area contributed by atoms with E-state index in [1.165, 1.54) is 12.1 Å². The van der Waals surface area contributed by atoms with Crippen molar-refractivity contribution in [3.8, 4) is 0 Å². The van der Waals surface area contributed by atoms with Crippen LogP contribution in [0, 0.1) is 15.9 Å². The number of benzene rings is 2. The highest BCUT2D eigenvalue weighted by Gasteiger charge is 2.32. The maximum atomic E-state index is 13.2. The summed E-state index contributed by atoms with van der Waals surface area (Å²) in [7, 11) is 0. The Labute approximate surface area is 195 Å². The van der Waals surface area contributed by atoms with Gasteiger partial charge in [-0.05, 0) is 42.5 Å². The van der Waals surface area contributed by atoms with Crippen molar-refractivity contribution < 1.29 is 22.5 Å². The molecule has 1 aromatic heterocycles. The fourth-order valence-corrected chi connectivity index (χ4v) is 3.78. The van der Waals surface area contributed by atoms with Gasteiger partial charge in [-0.15, -0.1) is 0 Å². The fraction of sp³-hybridized carbons (Fsp3) is 0.238. The molecule has 0 aliphatic carbocycles. The van der Waals surface area contributed by atoms with Crippen LogP contribution in [-0.2, 0) is 6.18 Å². The SMILES string of the molecule is O=[N+]([O-])c1c(Nc2cc(C(F)(F)F)ccc2Cl)ncnc1N1CCN(c2ccc(F)cc2)CC1. The summed E-state index contributed by atoms with van der Waals surface area (Å²) in [4.78, 5) is 22.9. The van der Waals surface area contributed by atoms with Crippen molar-refractivity contribution >= 4 is 40.3 Å². The monoisotopic (exact) mass is 496 g/mol. The maximum absolute atomic E-state index is 13.2. The zero-order chi connectivity index (χ0) is 24.5. The van der Waals surface area contributed by atoms with Crippen molar-refractivity contribution in [3.05, 3.63) is 75.3 Å². The molecule has 0 amide bonds. The van der Waals surface area contributed by atoms with Crippen LogP contribution in [0.2, 0.25) is 5.02 Å². The van der Waals surface area contributed by atoms with Gasteiger partial charge in [-0.3, -0.25) is 10.1 Å². The van der Waals surface area contributed by atoms with Crippen LogP contribution in [0.1, 0.15) is 5.56 Å². The molecule has 1 aliphatic rings. The number of rotatable bonds is 5. The van der Waals surface area contributed by atoms with Crippen molar-refractivity contribution in [2.24, 2.45) is 0 Å². The van der Waals surface area contributed by atoms with Crippen LogP contribution in [0.25, 0.3) is 0 Å². The summed E-state index contributed by atoms with van der Waals surface area (Å²) in [6.07, 6.45) is -3.52. The first kappa shape index (κ1) is 23.5. The Morgan fingerprint density at radius 2 is 1.65 bits per heavy atom. The molecule has 0 atom stereocenters. The molecule has 4 rings (SSSR count). The molecule has 0 spiro atoms. The molecule has 178 valence electrons. The largest absolute Gasteiger partial charge is 0.416 e. The summed E-state index contributed by atoms with van der Waals surface area (Å²) >= 11 is 6.02. The highest BCUT2D eigenvalue weighted by atomic mass is 35.5. The highest BCUT2D eigenvalue weighted by Crippen LogP contribution is 2.38. The number of halogens is 5. The van der Waals surface area contributed by atoms with Crippen molar-refractivity contribution in [2.75, 3.05) is 41.3 Å². The zero-order valence-corrected chi connectivity index (χ0v) is 18.1.